The maximum atomic E-state index is 4.52. The third kappa shape index (κ3) is 2.30. The molecule has 4 nitrogen and oxygen atoms in total. The lowest BCUT2D eigenvalue weighted by Gasteiger charge is -2.06. The minimum Gasteiger partial charge on any atom is -0.388 e. The van der Waals surface area contributed by atoms with Gasteiger partial charge in [0, 0.05) is 24.6 Å². The van der Waals surface area contributed by atoms with Gasteiger partial charge >= 0.3 is 0 Å². The fraction of sp³-hybridized carbons (Fsp3) is 0.385. The highest BCUT2D eigenvalue weighted by molar-refractivity contribution is 5.42. The highest BCUT2D eigenvalue weighted by Crippen LogP contribution is 2.13. The molecule has 2 aromatic heterocycles. The normalized spacial score (nSPS) is 10.6. The molecule has 0 bridgehead atoms. The zero-order chi connectivity index (χ0) is 12.4. The van der Waals surface area contributed by atoms with E-state index in [9.17, 15) is 0 Å². The summed E-state index contributed by atoms with van der Waals surface area (Å²) in [6.45, 7) is 6.95. The predicted molar refractivity (Wildman–Crippen MR) is 69.3 cm³/mol. The number of aromatic nitrogens is 3. The van der Waals surface area contributed by atoms with E-state index >= 15 is 0 Å². The van der Waals surface area contributed by atoms with Gasteiger partial charge in [-0.1, -0.05) is 0 Å². The Hall–Kier alpha value is -1.84. The molecule has 0 spiro atoms. The summed E-state index contributed by atoms with van der Waals surface area (Å²) < 4.78 is 2.01. The summed E-state index contributed by atoms with van der Waals surface area (Å²) in [5.41, 5.74) is 5.65. The molecule has 2 rings (SSSR count). The molecule has 90 valence electrons. The first-order valence-corrected chi connectivity index (χ1v) is 5.75. The van der Waals surface area contributed by atoms with Crippen LogP contribution in [0.4, 0.5) is 5.69 Å². The second-order valence-electron chi connectivity index (χ2n) is 4.24. The maximum Gasteiger partial charge on any atom is 0.0835 e. The molecule has 0 aliphatic carbocycles. The van der Waals surface area contributed by atoms with Crippen molar-refractivity contribution in [1.82, 2.24) is 14.8 Å². The summed E-state index contributed by atoms with van der Waals surface area (Å²) in [5.74, 6) is 0. The van der Waals surface area contributed by atoms with E-state index in [1.807, 2.05) is 37.0 Å². The van der Waals surface area contributed by atoms with Gasteiger partial charge in [-0.15, -0.1) is 0 Å². The van der Waals surface area contributed by atoms with Gasteiger partial charge < -0.3 is 5.32 Å². The molecule has 17 heavy (non-hydrogen) atoms. The number of anilines is 1. The Morgan fingerprint density at radius 3 is 2.65 bits per heavy atom. The molecule has 0 saturated carbocycles. The van der Waals surface area contributed by atoms with Gasteiger partial charge in [0.15, 0.2) is 0 Å². The fourth-order valence-corrected chi connectivity index (χ4v) is 1.81. The monoisotopic (exact) mass is 230 g/mol. The molecule has 0 aliphatic rings. The van der Waals surface area contributed by atoms with E-state index in [2.05, 4.69) is 29.2 Å². The van der Waals surface area contributed by atoms with Crippen molar-refractivity contribution in [2.75, 3.05) is 12.4 Å². The Morgan fingerprint density at radius 1 is 1.29 bits per heavy atom. The fourth-order valence-electron chi connectivity index (χ4n) is 1.81. The van der Waals surface area contributed by atoms with Crippen LogP contribution in [0.3, 0.4) is 0 Å². The Balaban J connectivity index is 2.28. The first-order valence-electron chi connectivity index (χ1n) is 5.75. The summed E-state index contributed by atoms with van der Waals surface area (Å²) >= 11 is 0. The topological polar surface area (TPSA) is 42.7 Å². The molecule has 0 fully saturated rings. The first-order chi connectivity index (χ1) is 8.11. The third-order valence-corrected chi connectivity index (χ3v) is 3.16. The molecule has 0 unspecified atom stereocenters. The lowest BCUT2D eigenvalue weighted by molar-refractivity contribution is 0.646. The van der Waals surface area contributed by atoms with Crippen LogP contribution >= 0.6 is 0 Å². The van der Waals surface area contributed by atoms with Crippen LogP contribution in [-0.2, 0) is 6.54 Å². The lowest BCUT2D eigenvalue weighted by atomic mass is 10.2. The van der Waals surface area contributed by atoms with Crippen LogP contribution in [0.1, 0.15) is 22.6 Å². The molecule has 0 saturated heterocycles. The van der Waals surface area contributed by atoms with Crippen molar-refractivity contribution in [2.24, 2.45) is 0 Å². The molecule has 0 radical (unpaired) electrons. The zero-order valence-corrected chi connectivity index (χ0v) is 10.8. The standard InChI is InChI=1S/C13H18N4/c1-9-10(2)16-17(11(9)3)8-13-7-12(14-4)5-6-15-13/h5-7H,8H2,1-4H3,(H,14,15). The molecular formula is C13H18N4. The smallest absolute Gasteiger partial charge is 0.0835 e. The molecule has 1 N–H and O–H groups in total. The van der Waals surface area contributed by atoms with Crippen molar-refractivity contribution in [3.8, 4) is 0 Å². The lowest BCUT2D eigenvalue weighted by Crippen LogP contribution is -2.06. The average molecular weight is 230 g/mol. The largest absolute Gasteiger partial charge is 0.388 e. The van der Waals surface area contributed by atoms with Gasteiger partial charge in [-0.3, -0.25) is 9.67 Å². The van der Waals surface area contributed by atoms with Gasteiger partial charge in [-0.25, -0.2) is 0 Å². The average Bonchev–Trinajstić information content (AvgIpc) is 2.57. The van der Waals surface area contributed by atoms with Gasteiger partial charge in [-0.05, 0) is 38.5 Å². The number of nitrogens with zero attached hydrogens (tertiary/aromatic N) is 3. The van der Waals surface area contributed by atoms with Gasteiger partial charge in [0.1, 0.15) is 0 Å². The van der Waals surface area contributed by atoms with Crippen LogP contribution in [0.2, 0.25) is 0 Å². The van der Waals surface area contributed by atoms with Crippen molar-refractivity contribution < 1.29 is 0 Å². The molecule has 2 heterocycles. The van der Waals surface area contributed by atoms with Crippen molar-refractivity contribution in [1.29, 1.82) is 0 Å². The van der Waals surface area contributed by atoms with Crippen LogP contribution in [0.25, 0.3) is 0 Å². The van der Waals surface area contributed by atoms with Crippen LogP contribution < -0.4 is 5.32 Å². The molecule has 0 aromatic carbocycles. The number of nitrogens with one attached hydrogen (secondary N) is 1. The highest BCUT2D eigenvalue weighted by atomic mass is 15.3. The van der Waals surface area contributed by atoms with Crippen molar-refractivity contribution in [3.05, 3.63) is 41.0 Å². The van der Waals surface area contributed by atoms with E-state index in [0.717, 1.165) is 23.6 Å². The second-order valence-corrected chi connectivity index (χ2v) is 4.24. The molecule has 0 amide bonds. The van der Waals surface area contributed by atoms with Gasteiger partial charge in [0.05, 0.1) is 17.9 Å². The van der Waals surface area contributed by atoms with E-state index < -0.39 is 0 Å². The van der Waals surface area contributed by atoms with E-state index in [4.69, 9.17) is 0 Å². The maximum absolute atomic E-state index is 4.52. The van der Waals surface area contributed by atoms with E-state index in [0.29, 0.717) is 0 Å². The molecule has 0 atom stereocenters. The van der Waals surface area contributed by atoms with Gasteiger partial charge in [0.2, 0.25) is 0 Å². The summed E-state index contributed by atoms with van der Waals surface area (Å²) in [4.78, 5) is 4.36. The summed E-state index contributed by atoms with van der Waals surface area (Å²) in [7, 11) is 1.91. The Kier molecular flexibility index (Phi) is 3.13. The third-order valence-electron chi connectivity index (χ3n) is 3.16. The molecule has 0 aliphatic heterocycles. The minimum atomic E-state index is 0.718. The number of aryl methyl sites for hydroxylation is 1. The Morgan fingerprint density at radius 2 is 2.06 bits per heavy atom. The molecular weight excluding hydrogens is 212 g/mol. The van der Waals surface area contributed by atoms with Crippen LogP contribution in [0.15, 0.2) is 18.3 Å². The summed E-state index contributed by atoms with van der Waals surface area (Å²) in [5, 5.41) is 7.63. The Bertz CT molecular complexity index is 528. The number of rotatable bonds is 3. The van der Waals surface area contributed by atoms with Crippen LogP contribution in [0.5, 0.6) is 0 Å². The first kappa shape index (κ1) is 11.6. The van der Waals surface area contributed by atoms with Crippen LogP contribution in [-0.4, -0.2) is 21.8 Å². The van der Waals surface area contributed by atoms with Crippen molar-refractivity contribution in [3.63, 3.8) is 0 Å². The predicted octanol–water partition coefficient (Wildman–Crippen LogP) is 2.29. The zero-order valence-electron chi connectivity index (χ0n) is 10.8. The number of pyridine rings is 1. The number of hydrogen-bond acceptors (Lipinski definition) is 3. The van der Waals surface area contributed by atoms with Crippen LogP contribution in [0, 0.1) is 20.8 Å². The van der Waals surface area contributed by atoms with Crippen molar-refractivity contribution >= 4 is 5.69 Å². The van der Waals surface area contributed by atoms with E-state index in [1.54, 1.807) is 0 Å². The summed E-state index contributed by atoms with van der Waals surface area (Å²) in [6.07, 6.45) is 1.82. The SMILES string of the molecule is CNc1ccnc(Cn2nc(C)c(C)c2C)c1. The van der Waals surface area contributed by atoms with Gasteiger partial charge in [0.25, 0.3) is 0 Å². The van der Waals surface area contributed by atoms with E-state index in [-0.39, 0.29) is 0 Å². The second kappa shape index (κ2) is 4.57. The molecule has 4 heteroatoms. The molecule has 2 aromatic rings. The minimum absolute atomic E-state index is 0.718. The number of hydrogen-bond donors (Lipinski definition) is 1. The summed E-state index contributed by atoms with van der Waals surface area (Å²) in [6, 6.07) is 4.00. The quantitative estimate of drug-likeness (QED) is 0.879. The highest BCUT2D eigenvalue weighted by Gasteiger charge is 2.08. The Labute approximate surface area is 102 Å². The van der Waals surface area contributed by atoms with E-state index in [1.165, 1.54) is 11.3 Å². The van der Waals surface area contributed by atoms with Gasteiger partial charge in [-0.2, -0.15) is 5.10 Å². The van der Waals surface area contributed by atoms with Crippen molar-refractivity contribution in [2.45, 2.75) is 27.3 Å².